The summed E-state index contributed by atoms with van der Waals surface area (Å²) in [5, 5.41) is 3.33. The maximum Gasteiger partial charge on any atom is 0.0576 e. The smallest absolute Gasteiger partial charge is 0.0576 e. The lowest BCUT2D eigenvalue weighted by molar-refractivity contribution is 0.102. The lowest BCUT2D eigenvalue weighted by Gasteiger charge is -2.26. The monoisotopic (exact) mass is 286 g/mol. The van der Waals surface area contributed by atoms with Crippen LogP contribution in [-0.4, -0.2) is 50.3 Å². The Morgan fingerprint density at radius 3 is 2.30 bits per heavy atom. The number of hydrogen-bond acceptors (Lipinski definition) is 3. The summed E-state index contributed by atoms with van der Waals surface area (Å²) < 4.78 is 5.46. The predicted molar refractivity (Wildman–Crippen MR) is 89.4 cm³/mol. The first-order valence-electron chi connectivity index (χ1n) is 8.91. The minimum atomic E-state index is 0.616. The fourth-order valence-corrected chi connectivity index (χ4v) is 2.55. The second-order valence-corrected chi connectivity index (χ2v) is 5.37. The van der Waals surface area contributed by atoms with Crippen molar-refractivity contribution < 1.29 is 4.74 Å². The molecule has 0 saturated carbocycles. The van der Waals surface area contributed by atoms with Crippen molar-refractivity contribution in [2.75, 3.05) is 39.3 Å². The molecule has 1 N–H and O–H groups in total. The zero-order valence-corrected chi connectivity index (χ0v) is 14.4. The number of ether oxygens (including phenoxy) is 1. The largest absolute Gasteiger partial charge is 0.378 e. The van der Waals surface area contributed by atoms with Gasteiger partial charge in [-0.2, -0.15) is 0 Å². The quantitative estimate of drug-likeness (QED) is 0.834. The van der Waals surface area contributed by atoms with Crippen molar-refractivity contribution >= 4 is 0 Å². The molecule has 3 heteroatoms. The van der Waals surface area contributed by atoms with Crippen molar-refractivity contribution in [2.24, 2.45) is 0 Å². The van der Waals surface area contributed by atoms with E-state index in [-0.39, 0.29) is 0 Å². The third-order valence-corrected chi connectivity index (χ3v) is 3.65. The van der Waals surface area contributed by atoms with Gasteiger partial charge in [0, 0.05) is 32.8 Å². The molecular weight excluding hydrogens is 248 g/mol. The third kappa shape index (κ3) is 10.6. The van der Waals surface area contributed by atoms with E-state index in [1.54, 1.807) is 0 Å². The Hall–Kier alpha value is -0.120. The number of rotatable bonds is 5. The Morgan fingerprint density at radius 1 is 1.10 bits per heavy atom. The summed E-state index contributed by atoms with van der Waals surface area (Å²) in [5.41, 5.74) is 0. The number of piperazine rings is 1. The molecule has 122 valence electrons. The highest BCUT2D eigenvalue weighted by molar-refractivity contribution is 4.66. The van der Waals surface area contributed by atoms with E-state index in [9.17, 15) is 0 Å². The third-order valence-electron chi connectivity index (χ3n) is 3.65. The van der Waals surface area contributed by atoms with Crippen molar-refractivity contribution in [3.63, 3.8) is 0 Å². The maximum absolute atomic E-state index is 5.46. The predicted octanol–water partition coefficient (Wildman–Crippen LogP) is 3.68. The summed E-state index contributed by atoms with van der Waals surface area (Å²) in [6.07, 6.45) is 8.43. The lowest BCUT2D eigenvalue weighted by atomic mass is 10.1. The van der Waals surface area contributed by atoms with Crippen molar-refractivity contribution in [3.8, 4) is 0 Å². The van der Waals surface area contributed by atoms with Gasteiger partial charge in [0.25, 0.3) is 0 Å². The van der Waals surface area contributed by atoms with Gasteiger partial charge in [0.2, 0.25) is 0 Å². The average molecular weight is 287 g/mol. The minimum Gasteiger partial charge on any atom is -0.378 e. The van der Waals surface area contributed by atoms with Gasteiger partial charge >= 0.3 is 0 Å². The van der Waals surface area contributed by atoms with Gasteiger partial charge in [-0.1, -0.05) is 40.5 Å². The zero-order chi connectivity index (χ0) is 15.1. The van der Waals surface area contributed by atoms with Crippen LogP contribution in [0.5, 0.6) is 0 Å². The zero-order valence-electron chi connectivity index (χ0n) is 14.4. The van der Waals surface area contributed by atoms with Crippen LogP contribution in [0.25, 0.3) is 0 Å². The van der Waals surface area contributed by atoms with Crippen LogP contribution in [0.4, 0.5) is 0 Å². The van der Waals surface area contributed by atoms with Crippen LogP contribution in [0.2, 0.25) is 0 Å². The van der Waals surface area contributed by atoms with E-state index in [1.165, 1.54) is 71.2 Å². The molecule has 2 rings (SSSR count). The molecule has 0 aromatic heterocycles. The molecular formula is C17H38N2O. The van der Waals surface area contributed by atoms with E-state index >= 15 is 0 Å². The molecule has 0 radical (unpaired) electrons. The highest BCUT2D eigenvalue weighted by Crippen LogP contribution is 2.17. The number of unbranched alkanes of at least 4 members (excludes halogenated alkanes) is 1. The number of hydrogen-bond donors (Lipinski definition) is 1. The fourth-order valence-electron chi connectivity index (χ4n) is 2.55. The first-order chi connectivity index (χ1) is 9.86. The van der Waals surface area contributed by atoms with Gasteiger partial charge in [-0.15, -0.1) is 0 Å². The molecule has 2 fully saturated rings. The number of nitrogens with zero attached hydrogens (tertiary/aromatic N) is 1. The molecule has 2 saturated heterocycles. The van der Waals surface area contributed by atoms with Crippen LogP contribution in [-0.2, 0) is 4.74 Å². The van der Waals surface area contributed by atoms with Gasteiger partial charge in [0.15, 0.2) is 0 Å². The standard InChI is InChI=1S/C8H16O.C7H16N2.C2H6/c1-2-3-5-8-6-4-7-9-8;1-2-5-9-6-3-8-4-7-9;1-2/h2*8H,2-7H2,1H3;1-2H3. The molecule has 20 heavy (non-hydrogen) atoms. The van der Waals surface area contributed by atoms with E-state index in [4.69, 9.17) is 4.74 Å². The fraction of sp³-hybridized carbons (Fsp3) is 1.00. The summed E-state index contributed by atoms with van der Waals surface area (Å²) in [4.78, 5) is 2.51. The summed E-state index contributed by atoms with van der Waals surface area (Å²) in [5.74, 6) is 0. The molecule has 0 aromatic rings. The Labute approximate surface area is 127 Å². The van der Waals surface area contributed by atoms with Gasteiger partial charge < -0.3 is 15.0 Å². The molecule has 0 spiro atoms. The van der Waals surface area contributed by atoms with Crippen LogP contribution < -0.4 is 5.32 Å². The van der Waals surface area contributed by atoms with Crippen LogP contribution in [0, 0.1) is 0 Å². The molecule has 2 aliphatic heterocycles. The van der Waals surface area contributed by atoms with Gasteiger partial charge in [0.1, 0.15) is 0 Å². The van der Waals surface area contributed by atoms with E-state index in [1.807, 2.05) is 13.8 Å². The second-order valence-electron chi connectivity index (χ2n) is 5.37. The summed E-state index contributed by atoms with van der Waals surface area (Å²) in [7, 11) is 0. The highest BCUT2D eigenvalue weighted by Gasteiger charge is 2.13. The van der Waals surface area contributed by atoms with Crippen LogP contribution in [0.15, 0.2) is 0 Å². The van der Waals surface area contributed by atoms with Gasteiger partial charge in [-0.05, 0) is 32.2 Å². The highest BCUT2D eigenvalue weighted by atomic mass is 16.5. The lowest BCUT2D eigenvalue weighted by Crippen LogP contribution is -2.43. The Bertz CT molecular complexity index is 173. The molecule has 0 amide bonds. The first kappa shape index (κ1) is 19.9. The minimum absolute atomic E-state index is 0.616. The van der Waals surface area contributed by atoms with Crippen LogP contribution >= 0.6 is 0 Å². The molecule has 0 aliphatic carbocycles. The van der Waals surface area contributed by atoms with Crippen molar-refractivity contribution in [1.29, 1.82) is 0 Å². The second kappa shape index (κ2) is 15.3. The Kier molecular flexibility index (Phi) is 15.2. The molecule has 1 atom stereocenters. The van der Waals surface area contributed by atoms with Crippen molar-refractivity contribution in [1.82, 2.24) is 10.2 Å². The van der Waals surface area contributed by atoms with Crippen LogP contribution in [0.3, 0.4) is 0 Å². The molecule has 2 aliphatic rings. The Balaban J connectivity index is 0.000000321. The molecule has 0 bridgehead atoms. The number of nitrogens with one attached hydrogen (secondary N) is 1. The first-order valence-corrected chi connectivity index (χ1v) is 8.91. The van der Waals surface area contributed by atoms with Gasteiger partial charge in [-0.3, -0.25) is 0 Å². The Morgan fingerprint density at radius 2 is 1.80 bits per heavy atom. The van der Waals surface area contributed by atoms with E-state index in [2.05, 4.69) is 24.1 Å². The molecule has 3 nitrogen and oxygen atoms in total. The van der Waals surface area contributed by atoms with Gasteiger partial charge in [-0.25, -0.2) is 0 Å². The molecule has 1 unspecified atom stereocenters. The molecule has 2 heterocycles. The van der Waals surface area contributed by atoms with Crippen LogP contribution in [0.1, 0.15) is 66.2 Å². The van der Waals surface area contributed by atoms with Crippen molar-refractivity contribution in [2.45, 2.75) is 72.3 Å². The van der Waals surface area contributed by atoms with Crippen molar-refractivity contribution in [3.05, 3.63) is 0 Å². The average Bonchev–Trinajstić information content (AvgIpc) is 3.03. The van der Waals surface area contributed by atoms with E-state index < -0.39 is 0 Å². The topological polar surface area (TPSA) is 24.5 Å². The normalized spacial score (nSPS) is 22.5. The summed E-state index contributed by atoms with van der Waals surface area (Å²) in [6, 6.07) is 0. The summed E-state index contributed by atoms with van der Waals surface area (Å²) in [6.45, 7) is 15.6. The van der Waals surface area contributed by atoms with E-state index in [0.717, 1.165) is 6.61 Å². The van der Waals surface area contributed by atoms with Gasteiger partial charge in [0.05, 0.1) is 6.10 Å². The molecule has 0 aromatic carbocycles. The summed E-state index contributed by atoms with van der Waals surface area (Å²) >= 11 is 0. The maximum atomic E-state index is 5.46. The SMILES string of the molecule is CC.CCCCC1CCCO1.CCCN1CCNCC1. The van der Waals surface area contributed by atoms with E-state index in [0.29, 0.717) is 6.10 Å².